The Balaban J connectivity index is 0.00000312. The maximum Gasteiger partial charge on any atom is 0.193 e. The first-order chi connectivity index (χ1) is 11.7. The zero-order valence-corrected chi connectivity index (χ0v) is 18.8. The van der Waals surface area contributed by atoms with E-state index in [1.807, 2.05) is 7.05 Å². The highest BCUT2D eigenvalue weighted by atomic mass is 127. The van der Waals surface area contributed by atoms with Crippen molar-refractivity contribution in [2.75, 3.05) is 60.0 Å². The zero-order valence-electron chi connectivity index (χ0n) is 16.5. The third kappa shape index (κ3) is 8.91. The lowest BCUT2D eigenvalue weighted by Crippen LogP contribution is -2.42. The Bertz CT molecular complexity index is 366. The second-order valence-electron chi connectivity index (χ2n) is 7.64. The van der Waals surface area contributed by atoms with Crippen LogP contribution >= 0.6 is 24.0 Å². The standard InChI is InChI=1S/C19H38N4O.HI/c1-17-6-8-18(9-7-17)16-22(3)19(20-2)21-10-4-5-11-23-12-14-24-15-13-23;/h17-18H,4-16H2,1-3H3,(H,20,21);1H. The lowest BCUT2D eigenvalue weighted by molar-refractivity contribution is 0.0372. The summed E-state index contributed by atoms with van der Waals surface area (Å²) in [7, 11) is 4.08. The summed E-state index contributed by atoms with van der Waals surface area (Å²) in [6.07, 6.45) is 7.99. The maximum atomic E-state index is 5.39. The molecule has 2 fully saturated rings. The summed E-state index contributed by atoms with van der Waals surface area (Å²) in [6.45, 7) is 9.72. The van der Waals surface area contributed by atoms with Gasteiger partial charge < -0.3 is 15.0 Å². The first-order valence-electron chi connectivity index (χ1n) is 9.91. The number of hydrogen-bond donors (Lipinski definition) is 1. The number of nitrogens with zero attached hydrogens (tertiary/aromatic N) is 3. The van der Waals surface area contributed by atoms with Crippen LogP contribution in [0.4, 0.5) is 0 Å². The molecular weight excluding hydrogens is 427 g/mol. The van der Waals surface area contributed by atoms with E-state index in [1.54, 1.807) is 0 Å². The van der Waals surface area contributed by atoms with Crippen LogP contribution in [0.2, 0.25) is 0 Å². The third-order valence-electron chi connectivity index (χ3n) is 5.53. The van der Waals surface area contributed by atoms with Crippen LogP contribution in [-0.4, -0.2) is 75.8 Å². The lowest BCUT2D eigenvalue weighted by Gasteiger charge is -2.31. The zero-order chi connectivity index (χ0) is 17.2. The van der Waals surface area contributed by atoms with Crippen LogP contribution in [0.25, 0.3) is 0 Å². The maximum absolute atomic E-state index is 5.39. The Labute approximate surface area is 172 Å². The van der Waals surface area contributed by atoms with Gasteiger partial charge in [-0.3, -0.25) is 9.89 Å². The highest BCUT2D eigenvalue weighted by Gasteiger charge is 2.20. The topological polar surface area (TPSA) is 40.1 Å². The second kappa shape index (κ2) is 13.1. The Morgan fingerprint density at radius 2 is 1.84 bits per heavy atom. The molecule has 6 heteroatoms. The van der Waals surface area contributed by atoms with E-state index in [4.69, 9.17) is 4.74 Å². The molecule has 0 spiro atoms. The molecule has 2 aliphatic rings. The molecule has 1 N–H and O–H groups in total. The molecule has 0 radical (unpaired) electrons. The number of hydrogen-bond acceptors (Lipinski definition) is 3. The molecule has 5 nitrogen and oxygen atoms in total. The van der Waals surface area contributed by atoms with Crippen molar-refractivity contribution in [1.82, 2.24) is 15.1 Å². The van der Waals surface area contributed by atoms with E-state index in [2.05, 4.69) is 34.1 Å². The summed E-state index contributed by atoms with van der Waals surface area (Å²) >= 11 is 0. The van der Waals surface area contributed by atoms with Gasteiger partial charge in [0.05, 0.1) is 13.2 Å². The van der Waals surface area contributed by atoms with Gasteiger partial charge in [0, 0.05) is 40.3 Å². The van der Waals surface area contributed by atoms with Gasteiger partial charge in [-0.2, -0.15) is 0 Å². The van der Waals surface area contributed by atoms with Crippen LogP contribution in [0.1, 0.15) is 45.4 Å². The van der Waals surface area contributed by atoms with Crippen molar-refractivity contribution < 1.29 is 4.74 Å². The fourth-order valence-corrected chi connectivity index (χ4v) is 3.86. The van der Waals surface area contributed by atoms with Crippen molar-refractivity contribution in [3.63, 3.8) is 0 Å². The Hall–Kier alpha value is -0.0800. The van der Waals surface area contributed by atoms with E-state index in [0.717, 1.165) is 57.2 Å². The van der Waals surface area contributed by atoms with E-state index in [9.17, 15) is 0 Å². The summed E-state index contributed by atoms with van der Waals surface area (Å²) in [5.41, 5.74) is 0. The van der Waals surface area contributed by atoms with Gasteiger partial charge in [0.25, 0.3) is 0 Å². The molecule has 1 aliphatic heterocycles. The number of unbranched alkanes of at least 4 members (excludes halogenated alkanes) is 1. The minimum absolute atomic E-state index is 0. The van der Waals surface area contributed by atoms with Crippen LogP contribution in [0.5, 0.6) is 0 Å². The normalized spacial score (nSPS) is 25.3. The molecule has 148 valence electrons. The molecule has 0 bridgehead atoms. The van der Waals surface area contributed by atoms with Gasteiger partial charge in [-0.15, -0.1) is 24.0 Å². The van der Waals surface area contributed by atoms with Gasteiger partial charge in [0.15, 0.2) is 5.96 Å². The Kier molecular flexibility index (Phi) is 12.1. The predicted octanol–water partition coefficient (Wildman–Crippen LogP) is 3.05. The molecule has 0 amide bonds. The first-order valence-corrected chi connectivity index (χ1v) is 9.91. The molecular formula is C19H39IN4O. The molecule has 0 aromatic rings. The quantitative estimate of drug-likeness (QED) is 0.271. The smallest absolute Gasteiger partial charge is 0.193 e. The molecule has 1 aliphatic carbocycles. The van der Waals surface area contributed by atoms with Crippen LogP contribution in [0.3, 0.4) is 0 Å². The van der Waals surface area contributed by atoms with Gasteiger partial charge in [-0.1, -0.05) is 19.8 Å². The van der Waals surface area contributed by atoms with Crippen LogP contribution in [0, 0.1) is 11.8 Å². The highest BCUT2D eigenvalue weighted by molar-refractivity contribution is 14.0. The average molecular weight is 466 g/mol. The number of rotatable bonds is 7. The van der Waals surface area contributed by atoms with Crippen LogP contribution in [-0.2, 0) is 4.74 Å². The lowest BCUT2D eigenvalue weighted by atomic mass is 9.83. The summed E-state index contributed by atoms with van der Waals surface area (Å²) < 4.78 is 5.39. The van der Waals surface area contributed by atoms with E-state index < -0.39 is 0 Å². The molecule has 1 heterocycles. The molecule has 0 aromatic carbocycles. The van der Waals surface area contributed by atoms with E-state index in [1.165, 1.54) is 45.1 Å². The number of ether oxygens (including phenoxy) is 1. The van der Waals surface area contributed by atoms with Gasteiger partial charge in [-0.05, 0) is 44.1 Å². The number of morpholine rings is 1. The minimum Gasteiger partial charge on any atom is -0.379 e. The number of nitrogens with one attached hydrogen (secondary N) is 1. The summed E-state index contributed by atoms with van der Waals surface area (Å²) in [6, 6.07) is 0. The first kappa shape index (κ1) is 23.0. The number of aliphatic imine (C=N–C) groups is 1. The molecule has 0 unspecified atom stereocenters. The molecule has 25 heavy (non-hydrogen) atoms. The number of guanidine groups is 1. The van der Waals surface area contributed by atoms with Crippen molar-refractivity contribution in [3.8, 4) is 0 Å². The number of halogens is 1. The fourth-order valence-electron chi connectivity index (χ4n) is 3.86. The van der Waals surface area contributed by atoms with Crippen molar-refractivity contribution in [3.05, 3.63) is 0 Å². The van der Waals surface area contributed by atoms with E-state index in [-0.39, 0.29) is 24.0 Å². The Morgan fingerprint density at radius 1 is 1.16 bits per heavy atom. The van der Waals surface area contributed by atoms with Crippen molar-refractivity contribution in [1.29, 1.82) is 0 Å². The molecule has 1 saturated heterocycles. The van der Waals surface area contributed by atoms with Crippen LogP contribution < -0.4 is 5.32 Å². The monoisotopic (exact) mass is 466 g/mol. The van der Waals surface area contributed by atoms with E-state index in [0.29, 0.717) is 0 Å². The molecule has 0 atom stereocenters. The summed E-state index contributed by atoms with van der Waals surface area (Å²) in [4.78, 5) is 9.29. The second-order valence-corrected chi connectivity index (χ2v) is 7.64. The highest BCUT2D eigenvalue weighted by Crippen LogP contribution is 2.28. The largest absolute Gasteiger partial charge is 0.379 e. The third-order valence-corrected chi connectivity index (χ3v) is 5.53. The molecule has 1 saturated carbocycles. The van der Waals surface area contributed by atoms with Gasteiger partial charge in [0.2, 0.25) is 0 Å². The minimum atomic E-state index is 0. The van der Waals surface area contributed by atoms with Crippen molar-refractivity contribution in [2.24, 2.45) is 16.8 Å². The van der Waals surface area contributed by atoms with Crippen molar-refractivity contribution in [2.45, 2.75) is 45.4 Å². The summed E-state index contributed by atoms with van der Waals surface area (Å²) in [5.74, 6) is 2.82. The average Bonchev–Trinajstić information content (AvgIpc) is 2.61. The fraction of sp³-hybridized carbons (Fsp3) is 0.947. The van der Waals surface area contributed by atoms with Gasteiger partial charge in [0.1, 0.15) is 0 Å². The molecule has 0 aromatic heterocycles. The van der Waals surface area contributed by atoms with Crippen LogP contribution in [0.15, 0.2) is 4.99 Å². The summed E-state index contributed by atoms with van der Waals surface area (Å²) in [5, 5.41) is 3.54. The van der Waals surface area contributed by atoms with E-state index >= 15 is 0 Å². The van der Waals surface area contributed by atoms with Gasteiger partial charge >= 0.3 is 0 Å². The van der Waals surface area contributed by atoms with Crippen molar-refractivity contribution >= 4 is 29.9 Å². The van der Waals surface area contributed by atoms with Gasteiger partial charge in [-0.25, -0.2) is 0 Å². The SMILES string of the molecule is CN=C(NCCCCN1CCOCC1)N(C)CC1CCC(C)CC1.I. The Morgan fingerprint density at radius 3 is 2.48 bits per heavy atom. The predicted molar refractivity (Wildman–Crippen MR) is 117 cm³/mol. The molecule has 2 rings (SSSR count).